The molecular weight excluding hydrogens is 346 g/mol. The van der Waals surface area contributed by atoms with Crippen LogP contribution in [0.5, 0.6) is 0 Å². The highest BCUT2D eigenvalue weighted by molar-refractivity contribution is 5.88. The molecule has 0 saturated carbocycles. The molecule has 2 atom stereocenters. The van der Waals surface area contributed by atoms with Gasteiger partial charge in [-0.2, -0.15) is 0 Å². The molecule has 0 spiro atoms. The van der Waals surface area contributed by atoms with Crippen molar-refractivity contribution in [2.75, 3.05) is 39.3 Å². The van der Waals surface area contributed by atoms with Crippen molar-refractivity contribution in [3.05, 3.63) is 35.9 Å². The first-order valence-electron chi connectivity index (χ1n) is 11.5. The van der Waals surface area contributed by atoms with E-state index in [4.69, 9.17) is 0 Å². The highest BCUT2D eigenvalue weighted by Crippen LogP contribution is 2.37. The maximum atomic E-state index is 13.9. The lowest BCUT2D eigenvalue weighted by molar-refractivity contribution is -0.140. The number of rotatable bonds is 4. The minimum absolute atomic E-state index is 0.327. The lowest BCUT2D eigenvalue weighted by Gasteiger charge is -2.44. The Hall–Kier alpha value is -1.39. The van der Waals surface area contributed by atoms with E-state index >= 15 is 0 Å². The molecule has 3 fully saturated rings. The highest BCUT2D eigenvalue weighted by Gasteiger charge is 2.44. The maximum Gasteiger partial charge on any atom is 0.233 e. The van der Waals surface area contributed by atoms with Gasteiger partial charge in [-0.05, 0) is 76.6 Å². The van der Waals surface area contributed by atoms with Gasteiger partial charge in [0.1, 0.15) is 0 Å². The Morgan fingerprint density at radius 2 is 1.86 bits per heavy atom. The summed E-state index contributed by atoms with van der Waals surface area (Å²) in [6, 6.07) is 11.3. The number of benzene rings is 1. The van der Waals surface area contributed by atoms with Gasteiger partial charge in [-0.1, -0.05) is 36.8 Å². The van der Waals surface area contributed by atoms with Gasteiger partial charge in [0.25, 0.3) is 0 Å². The zero-order chi connectivity index (χ0) is 19.4. The largest absolute Gasteiger partial charge is 0.342 e. The lowest BCUT2D eigenvalue weighted by Crippen LogP contribution is -2.55. The van der Waals surface area contributed by atoms with Gasteiger partial charge in [0.15, 0.2) is 0 Å². The van der Waals surface area contributed by atoms with Gasteiger partial charge in [0.2, 0.25) is 5.91 Å². The van der Waals surface area contributed by atoms with Crippen LogP contribution in [-0.2, 0) is 10.2 Å². The van der Waals surface area contributed by atoms with Crippen LogP contribution in [0, 0.1) is 5.92 Å². The predicted molar refractivity (Wildman–Crippen MR) is 114 cm³/mol. The Morgan fingerprint density at radius 3 is 2.61 bits per heavy atom. The van der Waals surface area contributed by atoms with Crippen molar-refractivity contribution in [3.63, 3.8) is 0 Å². The van der Waals surface area contributed by atoms with Crippen LogP contribution in [0.15, 0.2) is 30.3 Å². The third kappa shape index (κ3) is 4.13. The first-order valence-corrected chi connectivity index (χ1v) is 11.5. The van der Waals surface area contributed by atoms with Crippen LogP contribution in [0.1, 0.15) is 57.4 Å². The molecule has 1 N–H and O–H groups in total. The van der Waals surface area contributed by atoms with E-state index < -0.39 is 0 Å². The number of nitrogens with zero attached hydrogens (tertiary/aromatic N) is 2. The van der Waals surface area contributed by atoms with Crippen molar-refractivity contribution in [1.82, 2.24) is 15.1 Å². The van der Waals surface area contributed by atoms with Crippen molar-refractivity contribution in [2.45, 2.75) is 63.3 Å². The Morgan fingerprint density at radius 1 is 1.07 bits per heavy atom. The van der Waals surface area contributed by atoms with Gasteiger partial charge in [-0.15, -0.1) is 0 Å². The van der Waals surface area contributed by atoms with E-state index in [1.807, 2.05) is 0 Å². The molecule has 0 radical (unpaired) electrons. The molecule has 0 aliphatic carbocycles. The van der Waals surface area contributed by atoms with Gasteiger partial charge >= 0.3 is 0 Å². The molecule has 3 heterocycles. The summed E-state index contributed by atoms with van der Waals surface area (Å²) in [6.07, 6.45) is 8.30. The molecular formula is C24H37N3O. The van der Waals surface area contributed by atoms with Gasteiger partial charge in [-0.25, -0.2) is 0 Å². The Kier molecular flexibility index (Phi) is 6.37. The van der Waals surface area contributed by atoms with Gasteiger partial charge < -0.3 is 15.1 Å². The fourth-order valence-electron chi connectivity index (χ4n) is 5.70. The molecule has 28 heavy (non-hydrogen) atoms. The maximum absolute atomic E-state index is 13.9. The van der Waals surface area contributed by atoms with Crippen LogP contribution >= 0.6 is 0 Å². The average molecular weight is 384 g/mol. The molecule has 3 aliphatic rings. The summed E-state index contributed by atoms with van der Waals surface area (Å²) in [5.41, 5.74) is 0.889. The molecule has 4 nitrogen and oxygen atoms in total. The number of nitrogens with one attached hydrogen (secondary N) is 1. The molecule has 3 aliphatic heterocycles. The second-order valence-electron chi connectivity index (χ2n) is 9.30. The summed E-state index contributed by atoms with van der Waals surface area (Å²) in [6.45, 7) is 8.55. The monoisotopic (exact) mass is 383 g/mol. The van der Waals surface area contributed by atoms with E-state index in [1.54, 1.807) is 0 Å². The summed E-state index contributed by atoms with van der Waals surface area (Å²) in [5.74, 6) is 1.02. The van der Waals surface area contributed by atoms with E-state index in [9.17, 15) is 4.79 Å². The molecule has 4 rings (SSSR count). The summed E-state index contributed by atoms with van der Waals surface area (Å²) in [4.78, 5) is 18.8. The van der Waals surface area contributed by atoms with Crippen molar-refractivity contribution in [1.29, 1.82) is 0 Å². The molecule has 1 aromatic rings. The number of hydrogen-bond acceptors (Lipinski definition) is 3. The first kappa shape index (κ1) is 19.9. The van der Waals surface area contributed by atoms with Crippen LogP contribution in [0.25, 0.3) is 0 Å². The quantitative estimate of drug-likeness (QED) is 0.865. The molecule has 0 unspecified atom stereocenters. The number of piperidine rings is 3. The number of hydrogen-bond donors (Lipinski definition) is 1. The molecule has 154 valence electrons. The number of carbonyl (C=O) groups excluding carboxylic acids is 1. The number of likely N-dealkylation sites (tertiary alicyclic amines) is 2. The van der Waals surface area contributed by atoms with Crippen LogP contribution < -0.4 is 5.32 Å². The SMILES string of the molecule is C[C@@H]1CCCCN1C[C@H]1CCCN(C(=O)C2(c3ccccc3)CCNCC2)C1. The lowest BCUT2D eigenvalue weighted by atomic mass is 9.71. The molecule has 0 bridgehead atoms. The zero-order valence-electron chi connectivity index (χ0n) is 17.5. The molecule has 1 aromatic carbocycles. The molecule has 0 aromatic heterocycles. The van der Waals surface area contributed by atoms with Crippen molar-refractivity contribution in [2.24, 2.45) is 5.92 Å². The number of amides is 1. The minimum atomic E-state index is -0.327. The second-order valence-corrected chi connectivity index (χ2v) is 9.30. The van der Waals surface area contributed by atoms with Crippen molar-refractivity contribution < 1.29 is 4.79 Å². The topological polar surface area (TPSA) is 35.6 Å². The van der Waals surface area contributed by atoms with E-state index in [-0.39, 0.29) is 5.41 Å². The van der Waals surface area contributed by atoms with E-state index in [2.05, 4.69) is 52.4 Å². The summed E-state index contributed by atoms with van der Waals surface area (Å²) in [7, 11) is 0. The summed E-state index contributed by atoms with van der Waals surface area (Å²) < 4.78 is 0. The normalized spacial score (nSPS) is 28.8. The van der Waals surface area contributed by atoms with Crippen LogP contribution in [0.4, 0.5) is 0 Å². The Balaban J connectivity index is 1.47. The van der Waals surface area contributed by atoms with E-state index in [0.29, 0.717) is 17.9 Å². The van der Waals surface area contributed by atoms with E-state index in [0.717, 1.165) is 45.4 Å². The van der Waals surface area contributed by atoms with Gasteiger partial charge in [0.05, 0.1) is 5.41 Å². The summed E-state index contributed by atoms with van der Waals surface area (Å²) in [5, 5.41) is 3.46. The highest BCUT2D eigenvalue weighted by atomic mass is 16.2. The predicted octanol–water partition coefficient (Wildman–Crippen LogP) is 3.42. The Labute approximate surface area is 170 Å². The fourth-order valence-corrected chi connectivity index (χ4v) is 5.70. The van der Waals surface area contributed by atoms with Gasteiger partial charge in [0, 0.05) is 25.7 Å². The molecule has 3 saturated heterocycles. The minimum Gasteiger partial charge on any atom is -0.342 e. The van der Waals surface area contributed by atoms with Crippen LogP contribution in [0.2, 0.25) is 0 Å². The third-order valence-electron chi connectivity index (χ3n) is 7.43. The second kappa shape index (κ2) is 8.96. The fraction of sp³-hybridized carbons (Fsp3) is 0.708. The number of carbonyl (C=O) groups is 1. The van der Waals surface area contributed by atoms with Crippen LogP contribution in [-0.4, -0.2) is 61.0 Å². The van der Waals surface area contributed by atoms with Crippen LogP contribution in [0.3, 0.4) is 0 Å². The van der Waals surface area contributed by atoms with Crippen molar-refractivity contribution >= 4 is 5.91 Å². The van der Waals surface area contributed by atoms with Gasteiger partial charge in [-0.3, -0.25) is 4.79 Å². The van der Waals surface area contributed by atoms with E-state index in [1.165, 1.54) is 44.3 Å². The Bertz CT molecular complexity index is 641. The molecule has 1 amide bonds. The summed E-state index contributed by atoms with van der Waals surface area (Å²) >= 11 is 0. The average Bonchev–Trinajstić information content (AvgIpc) is 2.76. The smallest absolute Gasteiger partial charge is 0.233 e. The zero-order valence-corrected chi connectivity index (χ0v) is 17.5. The first-order chi connectivity index (χ1) is 13.7. The third-order valence-corrected chi connectivity index (χ3v) is 7.43. The molecule has 4 heteroatoms. The van der Waals surface area contributed by atoms with Crippen molar-refractivity contribution in [3.8, 4) is 0 Å². The standard InChI is InChI=1S/C24H37N3O/c1-20-8-5-6-16-26(20)18-21-9-7-17-27(19-21)23(28)24(12-14-25-15-13-24)22-10-3-2-4-11-22/h2-4,10-11,20-21,25H,5-9,12-19H2,1H3/t20-,21-/m1/s1.